The molecule has 1 saturated carbocycles. The molecule has 6 nitrogen and oxygen atoms in total. The average molecular weight is 399 g/mol. The van der Waals surface area contributed by atoms with Crippen molar-refractivity contribution in [2.75, 3.05) is 12.0 Å². The summed E-state index contributed by atoms with van der Waals surface area (Å²) in [5.74, 6) is 1.47. The molecule has 5 atom stereocenters. The first kappa shape index (κ1) is 20.0. The van der Waals surface area contributed by atoms with Crippen LogP contribution in [0.5, 0.6) is 5.75 Å². The van der Waals surface area contributed by atoms with Gasteiger partial charge >= 0.3 is 5.97 Å². The zero-order valence-corrected chi connectivity index (χ0v) is 17.5. The van der Waals surface area contributed by atoms with Crippen LogP contribution in [0.3, 0.4) is 0 Å². The Kier molecular flexibility index (Phi) is 5.15. The zero-order valence-electron chi connectivity index (χ0n) is 17.5. The topological polar surface area (TPSA) is 65.1 Å². The second kappa shape index (κ2) is 7.48. The van der Waals surface area contributed by atoms with Crippen molar-refractivity contribution >= 4 is 17.6 Å². The van der Waals surface area contributed by atoms with Gasteiger partial charge in [-0.2, -0.15) is 0 Å². The molecule has 3 aliphatic rings. The number of carbonyl (C=O) groups is 2. The summed E-state index contributed by atoms with van der Waals surface area (Å²) < 4.78 is 17.3. The van der Waals surface area contributed by atoms with E-state index in [2.05, 4.69) is 20.8 Å². The molecule has 29 heavy (non-hydrogen) atoms. The molecule has 2 heterocycles. The van der Waals surface area contributed by atoms with Gasteiger partial charge in [0.15, 0.2) is 0 Å². The lowest BCUT2D eigenvalue weighted by Crippen LogP contribution is -2.76. The molecular weight excluding hydrogens is 370 g/mol. The number of hydrogen-bond donors (Lipinski definition) is 0. The minimum atomic E-state index is -1.20. The third-order valence-electron chi connectivity index (χ3n) is 6.49. The molecular formula is C23H29NO5. The Morgan fingerprint density at radius 2 is 1.90 bits per heavy atom. The van der Waals surface area contributed by atoms with Gasteiger partial charge in [-0.25, -0.2) is 4.79 Å². The molecule has 1 aliphatic carbocycles. The molecule has 1 aromatic carbocycles. The number of hydrogen-bond acceptors (Lipinski definition) is 5. The maximum Gasteiger partial charge on any atom is 0.333 e. The summed E-state index contributed by atoms with van der Waals surface area (Å²) in [5, 5.41) is 0. The van der Waals surface area contributed by atoms with Crippen LogP contribution in [-0.2, 0) is 19.1 Å². The third-order valence-corrected chi connectivity index (χ3v) is 6.49. The SMILES string of the molecule is COc1ccc(N2C(=O)[C@H](O[C@@H]3C[C@H](C)CC[C@H]3C(C)C)[C@]23C=CC(=O)O3)cc1. The number of nitrogens with zero attached hydrogens (tertiary/aromatic N) is 1. The number of anilines is 1. The number of benzene rings is 1. The molecule has 0 N–H and O–H groups in total. The first-order valence-corrected chi connectivity index (χ1v) is 10.4. The first-order valence-electron chi connectivity index (χ1n) is 10.4. The zero-order chi connectivity index (χ0) is 20.8. The van der Waals surface area contributed by atoms with Crippen molar-refractivity contribution in [2.24, 2.45) is 17.8 Å². The molecule has 1 amide bonds. The summed E-state index contributed by atoms with van der Waals surface area (Å²) in [6.45, 7) is 6.63. The Bertz CT molecular complexity index is 817. The molecule has 1 spiro atoms. The van der Waals surface area contributed by atoms with Crippen LogP contribution in [0.1, 0.15) is 40.0 Å². The Balaban J connectivity index is 1.61. The van der Waals surface area contributed by atoms with Crippen LogP contribution in [-0.4, -0.2) is 36.9 Å². The fourth-order valence-corrected chi connectivity index (χ4v) is 4.86. The standard InChI is InChI=1S/C23H29NO5/c1-14(2)18-10-5-15(3)13-19(18)28-21-22(26)24(23(21)12-11-20(25)29-23)16-6-8-17(27-4)9-7-16/h6-9,11-12,14-15,18-19,21H,5,10,13H2,1-4H3/t15-,18+,19-,21+,23-/m1/s1. The lowest BCUT2D eigenvalue weighted by molar-refractivity contribution is -0.201. The molecule has 2 aliphatic heterocycles. The van der Waals surface area contributed by atoms with Crippen LogP contribution in [0.2, 0.25) is 0 Å². The van der Waals surface area contributed by atoms with E-state index in [1.165, 1.54) is 17.4 Å². The Labute approximate surface area is 171 Å². The minimum Gasteiger partial charge on any atom is -0.497 e. The number of rotatable bonds is 5. The van der Waals surface area contributed by atoms with Crippen molar-refractivity contribution in [2.45, 2.75) is 58.0 Å². The van der Waals surface area contributed by atoms with Crippen molar-refractivity contribution in [3.8, 4) is 5.75 Å². The maximum absolute atomic E-state index is 13.2. The predicted octanol–water partition coefficient (Wildman–Crippen LogP) is 3.70. The number of amides is 1. The van der Waals surface area contributed by atoms with Gasteiger partial charge < -0.3 is 14.2 Å². The average Bonchev–Trinajstić information content (AvgIpc) is 3.10. The summed E-state index contributed by atoms with van der Waals surface area (Å²) in [6, 6.07) is 7.13. The van der Waals surface area contributed by atoms with Crippen LogP contribution >= 0.6 is 0 Å². The molecule has 0 aromatic heterocycles. The summed E-state index contributed by atoms with van der Waals surface area (Å²) in [5.41, 5.74) is -0.558. The fraction of sp³-hybridized carbons (Fsp3) is 0.565. The van der Waals surface area contributed by atoms with Crippen LogP contribution in [0.15, 0.2) is 36.4 Å². The smallest absolute Gasteiger partial charge is 0.333 e. The normalized spacial score (nSPS) is 33.9. The van der Waals surface area contributed by atoms with Crippen molar-refractivity contribution < 1.29 is 23.8 Å². The van der Waals surface area contributed by atoms with Crippen LogP contribution in [0.4, 0.5) is 5.69 Å². The van der Waals surface area contributed by atoms with E-state index in [9.17, 15) is 9.59 Å². The summed E-state index contributed by atoms with van der Waals surface area (Å²) in [7, 11) is 1.59. The van der Waals surface area contributed by atoms with Gasteiger partial charge in [-0.15, -0.1) is 0 Å². The van der Waals surface area contributed by atoms with Gasteiger partial charge in [0.25, 0.3) is 5.91 Å². The van der Waals surface area contributed by atoms with Gasteiger partial charge in [0, 0.05) is 11.8 Å². The number of β-lactam (4-membered cyclic amide) rings is 1. The van der Waals surface area contributed by atoms with Crippen LogP contribution in [0.25, 0.3) is 0 Å². The fourth-order valence-electron chi connectivity index (χ4n) is 4.86. The number of carbonyl (C=O) groups excluding carboxylic acids is 2. The monoisotopic (exact) mass is 399 g/mol. The Hall–Kier alpha value is -2.34. The van der Waals surface area contributed by atoms with E-state index in [0.29, 0.717) is 29.2 Å². The second-order valence-corrected chi connectivity index (χ2v) is 8.76. The van der Waals surface area contributed by atoms with Crippen LogP contribution in [0, 0.1) is 17.8 Å². The van der Waals surface area contributed by atoms with Gasteiger partial charge in [-0.1, -0.05) is 27.2 Å². The van der Waals surface area contributed by atoms with Crippen LogP contribution < -0.4 is 9.64 Å². The van der Waals surface area contributed by atoms with Gasteiger partial charge in [-0.05, 0) is 60.9 Å². The van der Waals surface area contributed by atoms with Crippen molar-refractivity contribution in [1.82, 2.24) is 0 Å². The molecule has 0 unspecified atom stereocenters. The number of methoxy groups -OCH3 is 1. The molecule has 1 aromatic rings. The highest BCUT2D eigenvalue weighted by molar-refractivity contribution is 6.09. The van der Waals surface area contributed by atoms with E-state index in [4.69, 9.17) is 14.2 Å². The summed E-state index contributed by atoms with van der Waals surface area (Å²) in [4.78, 5) is 26.6. The van der Waals surface area contributed by atoms with Gasteiger partial charge in [-0.3, -0.25) is 9.69 Å². The summed E-state index contributed by atoms with van der Waals surface area (Å²) in [6.07, 6.45) is 5.39. The third kappa shape index (κ3) is 3.33. The molecule has 1 saturated heterocycles. The molecule has 4 rings (SSSR count). The van der Waals surface area contributed by atoms with E-state index in [1.54, 1.807) is 37.5 Å². The first-order chi connectivity index (χ1) is 13.9. The molecule has 0 radical (unpaired) electrons. The highest BCUT2D eigenvalue weighted by atomic mass is 16.6. The van der Waals surface area contributed by atoms with Crippen molar-refractivity contribution in [3.05, 3.63) is 36.4 Å². The van der Waals surface area contributed by atoms with Crippen molar-refractivity contribution in [1.29, 1.82) is 0 Å². The Morgan fingerprint density at radius 1 is 1.17 bits per heavy atom. The van der Waals surface area contributed by atoms with E-state index >= 15 is 0 Å². The molecule has 2 fully saturated rings. The lowest BCUT2D eigenvalue weighted by Gasteiger charge is -2.53. The predicted molar refractivity (Wildman–Crippen MR) is 108 cm³/mol. The Morgan fingerprint density at radius 3 is 2.48 bits per heavy atom. The van der Waals surface area contributed by atoms with Crippen molar-refractivity contribution in [3.63, 3.8) is 0 Å². The minimum absolute atomic E-state index is 0.0182. The van der Waals surface area contributed by atoms with Gasteiger partial charge in [0.2, 0.25) is 11.8 Å². The van der Waals surface area contributed by atoms with E-state index in [0.717, 1.165) is 12.8 Å². The number of esters is 1. The highest BCUT2D eigenvalue weighted by Gasteiger charge is 2.66. The largest absolute Gasteiger partial charge is 0.497 e. The van der Waals surface area contributed by atoms with E-state index < -0.39 is 17.8 Å². The van der Waals surface area contributed by atoms with Gasteiger partial charge in [0.05, 0.1) is 13.2 Å². The lowest BCUT2D eigenvalue weighted by atomic mass is 9.75. The van der Waals surface area contributed by atoms with E-state index in [1.807, 2.05) is 0 Å². The quantitative estimate of drug-likeness (QED) is 0.558. The molecule has 156 valence electrons. The number of ether oxygens (including phenoxy) is 3. The maximum atomic E-state index is 13.2. The van der Waals surface area contributed by atoms with Gasteiger partial charge in [0.1, 0.15) is 5.75 Å². The molecule has 0 bridgehead atoms. The highest BCUT2D eigenvalue weighted by Crippen LogP contribution is 2.46. The summed E-state index contributed by atoms with van der Waals surface area (Å²) >= 11 is 0. The molecule has 6 heteroatoms. The van der Waals surface area contributed by atoms with E-state index in [-0.39, 0.29) is 12.0 Å². The second-order valence-electron chi connectivity index (χ2n) is 8.76.